The molecule has 2 aliphatic heterocycles. The number of hydrogen-bond donors (Lipinski definition) is 1. The highest BCUT2D eigenvalue weighted by molar-refractivity contribution is 9.10. The van der Waals surface area contributed by atoms with Gasteiger partial charge in [0.25, 0.3) is 0 Å². The summed E-state index contributed by atoms with van der Waals surface area (Å²) in [5.41, 5.74) is 9.43. The Morgan fingerprint density at radius 1 is 1.04 bits per heavy atom. The van der Waals surface area contributed by atoms with Crippen LogP contribution in [0.5, 0.6) is 0 Å². The molecule has 0 saturated carbocycles. The van der Waals surface area contributed by atoms with Gasteiger partial charge in [0.2, 0.25) is 5.95 Å². The Labute approximate surface area is 167 Å². The van der Waals surface area contributed by atoms with E-state index in [1.54, 1.807) is 0 Å². The van der Waals surface area contributed by atoms with Gasteiger partial charge in [-0.1, -0.05) is 15.9 Å². The van der Waals surface area contributed by atoms with Crippen molar-refractivity contribution in [1.82, 2.24) is 9.97 Å². The molecule has 1 aromatic heterocycles. The van der Waals surface area contributed by atoms with Crippen molar-refractivity contribution in [2.45, 2.75) is 24.2 Å². The number of hydrogen-bond acceptors (Lipinski definition) is 6. The highest BCUT2D eigenvalue weighted by Gasteiger charge is 2.24. The summed E-state index contributed by atoms with van der Waals surface area (Å²) in [6, 6.07) is 8.56. The normalized spacial score (nSPS) is 16.8. The van der Waals surface area contributed by atoms with Gasteiger partial charge in [-0.25, -0.2) is 9.97 Å². The fraction of sp³-hybridized carbons (Fsp3) is 0.474. The zero-order valence-electron chi connectivity index (χ0n) is 14.8. The fourth-order valence-corrected chi connectivity index (χ4v) is 4.91. The molecule has 0 spiro atoms. The van der Waals surface area contributed by atoms with E-state index in [-0.39, 0.29) is 0 Å². The van der Waals surface area contributed by atoms with Crippen LogP contribution in [0.4, 0.5) is 11.6 Å². The maximum Gasteiger partial charge on any atom is 0.225 e. The third-order valence-corrected chi connectivity index (χ3v) is 6.65. The van der Waals surface area contributed by atoms with Crippen molar-refractivity contribution in [3.8, 4) is 0 Å². The van der Waals surface area contributed by atoms with E-state index in [4.69, 9.17) is 15.7 Å². The monoisotopic (exact) mass is 433 g/mol. The number of aryl methyl sites for hydroxylation is 2. The van der Waals surface area contributed by atoms with Crippen LogP contribution in [0, 0.1) is 0 Å². The smallest absolute Gasteiger partial charge is 0.225 e. The molecule has 2 N–H and O–H groups in total. The van der Waals surface area contributed by atoms with Crippen molar-refractivity contribution in [2.24, 2.45) is 5.73 Å². The van der Waals surface area contributed by atoms with Crippen molar-refractivity contribution < 1.29 is 0 Å². The minimum absolute atomic E-state index is 0.713. The Bertz CT molecular complexity index is 759. The molecule has 2 aliphatic rings. The number of anilines is 2. The van der Waals surface area contributed by atoms with E-state index in [9.17, 15) is 0 Å². The van der Waals surface area contributed by atoms with Gasteiger partial charge in [-0.05, 0) is 43.7 Å². The quantitative estimate of drug-likeness (QED) is 0.781. The molecular formula is C19H24BrN5S. The lowest BCUT2D eigenvalue weighted by Crippen LogP contribution is -2.47. The van der Waals surface area contributed by atoms with E-state index in [0.717, 1.165) is 61.6 Å². The molecular weight excluding hydrogens is 410 g/mol. The minimum Gasteiger partial charge on any atom is -0.368 e. The van der Waals surface area contributed by atoms with Gasteiger partial charge in [0.15, 0.2) is 0 Å². The lowest BCUT2D eigenvalue weighted by atomic mass is 10.2. The molecule has 0 aliphatic carbocycles. The summed E-state index contributed by atoms with van der Waals surface area (Å²) in [7, 11) is 0. The van der Waals surface area contributed by atoms with Crippen LogP contribution in [0.25, 0.3) is 0 Å². The molecule has 0 radical (unpaired) electrons. The summed E-state index contributed by atoms with van der Waals surface area (Å²) in [6.07, 6.45) is 3.00. The van der Waals surface area contributed by atoms with Crippen molar-refractivity contribution in [2.75, 3.05) is 48.3 Å². The molecule has 2 aromatic rings. The molecule has 1 aromatic carbocycles. The number of aromatic nitrogens is 2. The van der Waals surface area contributed by atoms with Gasteiger partial charge in [0.1, 0.15) is 0 Å². The zero-order valence-corrected chi connectivity index (χ0v) is 17.2. The molecule has 26 heavy (non-hydrogen) atoms. The zero-order chi connectivity index (χ0) is 17.9. The molecule has 7 heteroatoms. The molecule has 4 rings (SSSR count). The number of thioether (sulfide) groups is 1. The topological polar surface area (TPSA) is 58.3 Å². The second-order valence-corrected chi connectivity index (χ2v) is 8.71. The summed E-state index contributed by atoms with van der Waals surface area (Å²) in [5, 5.41) is 0. The molecule has 0 atom stereocenters. The number of fused-ring (bicyclic) bond motifs is 1. The first-order valence-electron chi connectivity index (χ1n) is 9.23. The average molecular weight is 434 g/mol. The Balaban J connectivity index is 1.48. The van der Waals surface area contributed by atoms with Gasteiger partial charge in [-0.2, -0.15) is 0 Å². The van der Waals surface area contributed by atoms with Crippen molar-refractivity contribution in [3.05, 3.63) is 40.1 Å². The molecule has 1 saturated heterocycles. The number of nitrogens with two attached hydrogens (primary N) is 1. The maximum absolute atomic E-state index is 5.71. The summed E-state index contributed by atoms with van der Waals surface area (Å²) >= 11 is 5.41. The van der Waals surface area contributed by atoms with Gasteiger partial charge in [0.05, 0.1) is 16.3 Å². The number of benzene rings is 1. The Morgan fingerprint density at radius 2 is 1.77 bits per heavy atom. The van der Waals surface area contributed by atoms with Crippen molar-refractivity contribution in [1.29, 1.82) is 0 Å². The summed E-state index contributed by atoms with van der Waals surface area (Å²) in [4.78, 5) is 15.9. The van der Waals surface area contributed by atoms with E-state index in [2.05, 4.69) is 50.0 Å². The third kappa shape index (κ3) is 3.85. The van der Waals surface area contributed by atoms with Crippen LogP contribution >= 0.6 is 27.7 Å². The molecule has 0 unspecified atom stereocenters. The van der Waals surface area contributed by atoms with Crippen LogP contribution in [-0.2, 0) is 12.8 Å². The Hall–Kier alpha value is -1.31. The standard InChI is InChI=1S/C19H24BrN5S/c20-14-3-5-15(6-4-14)24-9-11-25(12-10-24)19-22-16(2-1-8-21)18-17(23-19)7-13-26-18/h3-6H,1-2,7-13,21H2. The van der Waals surface area contributed by atoms with Crippen LogP contribution in [0.3, 0.4) is 0 Å². The number of rotatable bonds is 5. The summed E-state index contributed by atoms with van der Waals surface area (Å²) in [5.74, 6) is 2.04. The second kappa shape index (κ2) is 8.15. The highest BCUT2D eigenvalue weighted by atomic mass is 79.9. The second-order valence-electron chi connectivity index (χ2n) is 6.69. The van der Waals surface area contributed by atoms with E-state index in [1.807, 2.05) is 11.8 Å². The average Bonchev–Trinajstić information content (AvgIpc) is 3.15. The molecule has 0 amide bonds. The fourth-order valence-electron chi connectivity index (χ4n) is 3.52. The van der Waals surface area contributed by atoms with Crippen molar-refractivity contribution in [3.63, 3.8) is 0 Å². The van der Waals surface area contributed by atoms with E-state index < -0.39 is 0 Å². The molecule has 5 nitrogen and oxygen atoms in total. The first-order valence-corrected chi connectivity index (χ1v) is 11.0. The summed E-state index contributed by atoms with van der Waals surface area (Å²) < 4.78 is 1.12. The lowest BCUT2D eigenvalue weighted by molar-refractivity contribution is 0.633. The predicted molar refractivity (Wildman–Crippen MR) is 112 cm³/mol. The van der Waals surface area contributed by atoms with Crippen LogP contribution in [0.15, 0.2) is 33.6 Å². The lowest BCUT2D eigenvalue weighted by Gasteiger charge is -2.36. The molecule has 138 valence electrons. The van der Waals surface area contributed by atoms with Gasteiger partial charge >= 0.3 is 0 Å². The predicted octanol–water partition coefficient (Wildman–Crippen LogP) is 3.11. The molecule has 3 heterocycles. The van der Waals surface area contributed by atoms with Gasteiger partial charge in [0, 0.05) is 48.5 Å². The van der Waals surface area contributed by atoms with Crippen LogP contribution in [-0.4, -0.2) is 48.4 Å². The highest BCUT2D eigenvalue weighted by Crippen LogP contribution is 2.34. The van der Waals surface area contributed by atoms with Gasteiger partial charge in [-0.15, -0.1) is 11.8 Å². The molecule has 0 bridgehead atoms. The SMILES string of the molecule is NCCCc1nc(N2CCN(c3ccc(Br)cc3)CC2)nc2c1SCC2. The van der Waals surface area contributed by atoms with E-state index in [0.29, 0.717) is 6.54 Å². The Morgan fingerprint density at radius 3 is 2.50 bits per heavy atom. The van der Waals surface area contributed by atoms with Crippen LogP contribution < -0.4 is 15.5 Å². The molecule has 1 fully saturated rings. The van der Waals surface area contributed by atoms with Crippen LogP contribution in [0.1, 0.15) is 17.8 Å². The number of halogens is 1. The van der Waals surface area contributed by atoms with Crippen molar-refractivity contribution >= 4 is 39.3 Å². The van der Waals surface area contributed by atoms with E-state index in [1.165, 1.54) is 22.0 Å². The van der Waals surface area contributed by atoms with E-state index >= 15 is 0 Å². The van der Waals surface area contributed by atoms with Crippen LogP contribution in [0.2, 0.25) is 0 Å². The maximum atomic E-state index is 5.71. The largest absolute Gasteiger partial charge is 0.368 e. The first-order chi connectivity index (χ1) is 12.7. The summed E-state index contributed by atoms with van der Waals surface area (Å²) in [6.45, 7) is 4.62. The Kier molecular flexibility index (Phi) is 5.66. The third-order valence-electron chi connectivity index (χ3n) is 4.95. The number of piperazine rings is 1. The van der Waals surface area contributed by atoms with Gasteiger partial charge < -0.3 is 15.5 Å². The minimum atomic E-state index is 0.713. The first kappa shape index (κ1) is 18.1. The number of nitrogens with zero attached hydrogens (tertiary/aromatic N) is 4. The van der Waals surface area contributed by atoms with Gasteiger partial charge in [-0.3, -0.25) is 0 Å².